The Morgan fingerprint density at radius 2 is 1.20 bits per heavy atom. The van der Waals surface area contributed by atoms with Crippen molar-refractivity contribution in [2.75, 3.05) is 6.61 Å². The van der Waals surface area contributed by atoms with E-state index in [4.69, 9.17) is 4.74 Å². The van der Waals surface area contributed by atoms with E-state index in [1.165, 1.54) is 51.4 Å². The maximum Gasteiger partial charge on any atom is 0.312 e. The van der Waals surface area contributed by atoms with Crippen LogP contribution in [0.2, 0.25) is 0 Å². The zero-order chi connectivity index (χ0) is 16.8. The number of hydrogen-bond acceptors (Lipinski definition) is 3. The third-order valence-corrected chi connectivity index (χ3v) is 9.46. The predicted molar refractivity (Wildman–Crippen MR) is 93.6 cm³/mol. The second kappa shape index (κ2) is 5.03. The highest BCUT2D eigenvalue weighted by molar-refractivity contribution is 5.77. The Morgan fingerprint density at radius 1 is 0.760 bits per heavy atom. The van der Waals surface area contributed by atoms with Crippen LogP contribution >= 0.6 is 0 Å². The molecule has 8 rings (SSSR count). The molecule has 138 valence electrons. The SMILES string of the molecule is O=C(OCC1(O)C2CC3CC(C2)CC1C3)C12CC3CC(CC(C3)C1)C2. The molecule has 0 heterocycles. The molecule has 0 unspecified atom stereocenters. The Balaban J connectivity index is 1.18. The summed E-state index contributed by atoms with van der Waals surface area (Å²) >= 11 is 0. The minimum Gasteiger partial charge on any atom is -0.462 e. The molecule has 8 fully saturated rings. The molecular formula is C22H32O3. The quantitative estimate of drug-likeness (QED) is 0.789. The molecular weight excluding hydrogens is 312 g/mol. The van der Waals surface area contributed by atoms with Gasteiger partial charge in [-0.25, -0.2) is 0 Å². The lowest BCUT2D eigenvalue weighted by atomic mass is 9.49. The minimum absolute atomic E-state index is 0.0498. The summed E-state index contributed by atoms with van der Waals surface area (Å²) in [5.41, 5.74) is -0.900. The van der Waals surface area contributed by atoms with Gasteiger partial charge in [0.05, 0.1) is 5.41 Å². The number of hydrogen-bond donors (Lipinski definition) is 1. The molecule has 0 amide bonds. The van der Waals surface area contributed by atoms with E-state index in [0.29, 0.717) is 11.8 Å². The van der Waals surface area contributed by atoms with Crippen molar-refractivity contribution in [3.05, 3.63) is 0 Å². The highest BCUT2D eigenvalue weighted by Crippen LogP contribution is 2.61. The lowest BCUT2D eigenvalue weighted by Crippen LogP contribution is -2.60. The lowest BCUT2D eigenvalue weighted by Gasteiger charge is -2.59. The van der Waals surface area contributed by atoms with Gasteiger partial charge in [0.25, 0.3) is 0 Å². The molecule has 0 radical (unpaired) electrons. The fraction of sp³-hybridized carbons (Fsp3) is 0.955. The molecule has 25 heavy (non-hydrogen) atoms. The molecule has 0 aromatic rings. The Morgan fingerprint density at radius 3 is 1.68 bits per heavy atom. The van der Waals surface area contributed by atoms with E-state index < -0.39 is 5.60 Å². The van der Waals surface area contributed by atoms with Gasteiger partial charge in [0.15, 0.2) is 0 Å². The van der Waals surface area contributed by atoms with Gasteiger partial charge in [-0.3, -0.25) is 4.79 Å². The van der Waals surface area contributed by atoms with Gasteiger partial charge >= 0.3 is 5.97 Å². The van der Waals surface area contributed by atoms with Crippen LogP contribution in [0.15, 0.2) is 0 Å². The number of ether oxygens (including phenoxy) is 1. The van der Waals surface area contributed by atoms with Crippen LogP contribution < -0.4 is 0 Å². The second-order valence-corrected chi connectivity index (χ2v) is 11.1. The molecule has 0 saturated heterocycles. The largest absolute Gasteiger partial charge is 0.462 e. The first kappa shape index (κ1) is 15.5. The van der Waals surface area contributed by atoms with Crippen LogP contribution in [-0.4, -0.2) is 23.3 Å². The van der Waals surface area contributed by atoms with E-state index in [-0.39, 0.29) is 18.0 Å². The molecule has 1 N–H and O–H groups in total. The van der Waals surface area contributed by atoms with Gasteiger partial charge in [-0.05, 0) is 112 Å². The highest BCUT2D eigenvalue weighted by atomic mass is 16.5. The number of carbonyl (C=O) groups is 1. The molecule has 0 aromatic heterocycles. The van der Waals surface area contributed by atoms with Crippen LogP contribution in [0.25, 0.3) is 0 Å². The monoisotopic (exact) mass is 344 g/mol. The van der Waals surface area contributed by atoms with Gasteiger partial charge in [-0.2, -0.15) is 0 Å². The van der Waals surface area contributed by atoms with Crippen molar-refractivity contribution in [1.82, 2.24) is 0 Å². The van der Waals surface area contributed by atoms with Crippen molar-refractivity contribution in [3.8, 4) is 0 Å². The normalized spacial score (nSPS) is 57.9. The number of rotatable bonds is 3. The van der Waals surface area contributed by atoms with Crippen molar-refractivity contribution in [2.24, 2.45) is 46.8 Å². The van der Waals surface area contributed by atoms with Crippen LogP contribution in [-0.2, 0) is 9.53 Å². The molecule has 0 aliphatic heterocycles. The van der Waals surface area contributed by atoms with Gasteiger partial charge < -0.3 is 9.84 Å². The van der Waals surface area contributed by atoms with E-state index in [2.05, 4.69) is 0 Å². The standard InChI is InChI=1S/C22H32O3/c23-20(21-9-15-2-16(10-21)4-17(3-15)11-21)25-12-22(24)18-5-13-1-14(7-18)8-19(22)6-13/h13-19,24H,1-12H2. The topological polar surface area (TPSA) is 46.5 Å². The van der Waals surface area contributed by atoms with Crippen molar-refractivity contribution in [2.45, 2.75) is 76.2 Å². The Kier molecular flexibility index (Phi) is 3.11. The van der Waals surface area contributed by atoms with Gasteiger partial charge in [0, 0.05) is 0 Å². The fourth-order valence-corrected chi connectivity index (χ4v) is 8.93. The van der Waals surface area contributed by atoms with Crippen molar-refractivity contribution in [1.29, 1.82) is 0 Å². The minimum atomic E-state index is -0.717. The van der Waals surface area contributed by atoms with Crippen LogP contribution in [0.5, 0.6) is 0 Å². The molecule has 3 nitrogen and oxygen atoms in total. The predicted octanol–water partition coefficient (Wildman–Crippen LogP) is 3.93. The summed E-state index contributed by atoms with van der Waals surface area (Å²) in [6, 6.07) is 0. The van der Waals surface area contributed by atoms with Gasteiger partial charge in [-0.15, -0.1) is 0 Å². The van der Waals surface area contributed by atoms with Crippen molar-refractivity contribution in [3.63, 3.8) is 0 Å². The Labute approximate surface area is 150 Å². The van der Waals surface area contributed by atoms with Crippen molar-refractivity contribution < 1.29 is 14.6 Å². The summed E-state index contributed by atoms with van der Waals surface area (Å²) in [6.45, 7) is 0.280. The average Bonchev–Trinajstić information content (AvgIpc) is 2.56. The second-order valence-electron chi connectivity index (χ2n) is 11.1. The average molecular weight is 344 g/mol. The summed E-state index contributed by atoms with van der Waals surface area (Å²) in [6.07, 6.45) is 13.3. The van der Waals surface area contributed by atoms with Crippen LogP contribution in [0.1, 0.15) is 70.6 Å². The lowest BCUT2D eigenvalue weighted by molar-refractivity contribution is -0.212. The number of carbonyl (C=O) groups excluding carboxylic acids is 1. The Bertz CT molecular complexity index is 531. The van der Waals surface area contributed by atoms with E-state index in [1.54, 1.807) is 0 Å². The first-order valence-electron chi connectivity index (χ1n) is 10.9. The third-order valence-electron chi connectivity index (χ3n) is 9.46. The maximum atomic E-state index is 13.1. The molecule has 0 aromatic carbocycles. The highest BCUT2D eigenvalue weighted by Gasteiger charge is 2.59. The maximum absolute atomic E-state index is 13.1. The van der Waals surface area contributed by atoms with Gasteiger partial charge in [-0.1, -0.05) is 0 Å². The van der Waals surface area contributed by atoms with Gasteiger partial charge in [0.1, 0.15) is 12.2 Å². The Hall–Kier alpha value is -0.570. The molecule has 0 spiro atoms. The van der Waals surface area contributed by atoms with E-state index in [1.807, 2.05) is 0 Å². The molecule has 0 atom stereocenters. The molecule has 8 saturated carbocycles. The van der Waals surface area contributed by atoms with E-state index >= 15 is 0 Å². The number of aliphatic hydroxyl groups is 1. The van der Waals surface area contributed by atoms with Crippen LogP contribution in [0.4, 0.5) is 0 Å². The molecule has 8 aliphatic rings. The summed E-state index contributed by atoms with van der Waals surface area (Å²) in [5.74, 6) is 4.78. The zero-order valence-electron chi connectivity index (χ0n) is 15.3. The van der Waals surface area contributed by atoms with Crippen molar-refractivity contribution >= 4 is 5.97 Å². The first-order valence-corrected chi connectivity index (χ1v) is 10.9. The summed E-state index contributed by atoms with van der Waals surface area (Å²) < 4.78 is 5.97. The fourth-order valence-electron chi connectivity index (χ4n) is 8.93. The van der Waals surface area contributed by atoms with Gasteiger partial charge in [0.2, 0.25) is 0 Å². The third kappa shape index (κ3) is 2.17. The molecule has 8 aliphatic carbocycles. The first-order chi connectivity index (χ1) is 12.0. The summed E-state index contributed by atoms with van der Waals surface area (Å²) in [7, 11) is 0. The van der Waals surface area contributed by atoms with E-state index in [0.717, 1.165) is 48.9 Å². The smallest absolute Gasteiger partial charge is 0.312 e. The number of esters is 1. The molecule has 8 bridgehead atoms. The van der Waals surface area contributed by atoms with Crippen LogP contribution in [0.3, 0.4) is 0 Å². The van der Waals surface area contributed by atoms with E-state index in [9.17, 15) is 9.90 Å². The summed E-state index contributed by atoms with van der Waals surface area (Å²) in [4.78, 5) is 13.1. The molecule has 3 heteroatoms. The summed E-state index contributed by atoms with van der Waals surface area (Å²) in [5, 5.41) is 11.4. The zero-order valence-corrected chi connectivity index (χ0v) is 15.3. The van der Waals surface area contributed by atoms with Crippen LogP contribution in [0, 0.1) is 46.8 Å².